The fraction of sp³-hybridized carbons (Fsp3) is 0.231. The van der Waals surface area contributed by atoms with Crippen LogP contribution < -0.4 is 5.56 Å². The second-order valence-corrected chi connectivity index (χ2v) is 6.33. The lowest BCUT2D eigenvalue weighted by atomic mass is 10.3. The van der Waals surface area contributed by atoms with Crippen LogP contribution >= 0.6 is 0 Å². The van der Waals surface area contributed by atoms with E-state index >= 15 is 0 Å². The van der Waals surface area contributed by atoms with E-state index in [0.29, 0.717) is 13.0 Å². The van der Waals surface area contributed by atoms with E-state index < -0.39 is 10.0 Å². The molecule has 20 heavy (non-hydrogen) atoms. The van der Waals surface area contributed by atoms with Gasteiger partial charge in [0.15, 0.2) is 0 Å². The van der Waals surface area contributed by atoms with Gasteiger partial charge in [-0.25, -0.2) is 12.7 Å². The van der Waals surface area contributed by atoms with Crippen molar-refractivity contribution in [2.75, 3.05) is 13.6 Å². The van der Waals surface area contributed by atoms with E-state index in [1.807, 2.05) is 18.2 Å². The quantitative estimate of drug-likeness (QED) is 0.876. The zero-order valence-electron chi connectivity index (χ0n) is 11.0. The average Bonchev–Trinajstić information content (AvgIpc) is 2.46. The highest BCUT2D eigenvalue weighted by atomic mass is 32.2. The minimum Gasteiger partial charge on any atom is -0.328 e. The lowest BCUT2D eigenvalue weighted by Crippen LogP contribution is -2.29. The van der Waals surface area contributed by atoms with Gasteiger partial charge in [0.1, 0.15) is 0 Å². The summed E-state index contributed by atoms with van der Waals surface area (Å²) in [6.45, 7) is 0.318. The van der Waals surface area contributed by atoms with Gasteiger partial charge in [-0.3, -0.25) is 9.78 Å². The van der Waals surface area contributed by atoms with Gasteiger partial charge >= 0.3 is 0 Å². The smallest absolute Gasteiger partial charge is 0.247 e. The number of H-pyrrole nitrogens is 1. The molecule has 0 aliphatic carbocycles. The van der Waals surface area contributed by atoms with E-state index in [-0.39, 0.29) is 10.5 Å². The third kappa shape index (κ3) is 3.31. The summed E-state index contributed by atoms with van der Waals surface area (Å²) >= 11 is 0. The van der Waals surface area contributed by atoms with Gasteiger partial charge in [0.25, 0.3) is 0 Å². The Morgan fingerprint density at radius 1 is 1.25 bits per heavy atom. The molecule has 0 saturated heterocycles. The van der Waals surface area contributed by atoms with Crippen LogP contribution in [0.3, 0.4) is 0 Å². The molecule has 0 amide bonds. The summed E-state index contributed by atoms with van der Waals surface area (Å²) < 4.78 is 25.7. The lowest BCUT2D eigenvalue weighted by molar-refractivity contribution is 0.470. The molecular weight excluding hydrogens is 278 g/mol. The molecule has 0 spiro atoms. The molecule has 0 aromatic carbocycles. The SMILES string of the molecule is CN(CCc1ccccn1)S(=O)(=O)c1ccc(=O)[nH]c1. The summed E-state index contributed by atoms with van der Waals surface area (Å²) in [4.78, 5) is 17.5. The highest BCUT2D eigenvalue weighted by molar-refractivity contribution is 7.89. The summed E-state index contributed by atoms with van der Waals surface area (Å²) in [5, 5.41) is 0. The molecule has 6 nitrogen and oxygen atoms in total. The number of hydrogen-bond acceptors (Lipinski definition) is 4. The van der Waals surface area contributed by atoms with Crippen molar-refractivity contribution in [2.45, 2.75) is 11.3 Å². The third-order valence-corrected chi connectivity index (χ3v) is 4.73. The Morgan fingerprint density at radius 3 is 2.65 bits per heavy atom. The second kappa shape index (κ2) is 5.98. The van der Waals surface area contributed by atoms with Crippen LogP contribution in [-0.4, -0.2) is 36.3 Å². The molecule has 1 N–H and O–H groups in total. The van der Waals surface area contributed by atoms with E-state index in [1.54, 1.807) is 6.20 Å². The monoisotopic (exact) mass is 293 g/mol. The number of aromatic amines is 1. The third-order valence-electron chi connectivity index (χ3n) is 2.87. The van der Waals surface area contributed by atoms with Crippen molar-refractivity contribution < 1.29 is 8.42 Å². The first-order chi connectivity index (χ1) is 9.50. The maximum atomic E-state index is 12.2. The van der Waals surface area contributed by atoms with Gasteiger partial charge in [0, 0.05) is 44.2 Å². The van der Waals surface area contributed by atoms with Crippen molar-refractivity contribution in [3.05, 3.63) is 58.8 Å². The van der Waals surface area contributed by atoms with Gasteiger partial charge in [-0.15, -0.1) is 0 Å². The summed E-state index contributed by atoms with van der Waals surface area (Å²) in [6.07, 6.45) is 3.40. The van der Waals surface area contributed by atoms with Crippen LogP contribution in [-0.2, 0) is 16.4 Å². The minimum absolute atomic E-state index is 0.0700. The first kappa shape index (κ1) is 14.4. The number of likely N-dealkylation sites (N-methyl/N-ethyl adjacent to an activating group) is 1. The van der Waals surface area contributed by atoms with Crippen molar-refractivity contribution in [2.24, 2.45) is 0 Å². The molecule has 0 saturated carbocycles. The van der Waals surface area contributed by atoms with Crippen LogP contribution in [0.4, 0.5) is 0 Å². The molecule has 2 aromatic rings. The zero-order chi connectivity index (χ0) is 14.6. The molecule has 0 aliphatic rings. The van der Waals surface area contributed by atoms with Crippen molar-refractivity contribution >= 4 is 10.0 Å². The Morgan fingerprint density at radius 2 is 2.05 bits per heavy atom. The molecule has 0 fully saturated rings. The first-order valence-corrected chi connectivity index (χ1v) is 7.49. The predicted octanol–water partition coefficient (Wildman–Crippen LogP) is 0.633. The predicted molar refractivity (Wildman–Crippen MR) is 74.8 cm³/mol. The summed E-state index contributed by atoms with van der Waals surface area (Å²) in [7, 11) is -2.09. The number of sulfonamides is 1. The zero-order valence-corrected chi connectivity index (χ0v) is 11.8. The van der Waals surface area contributed by atoms with Crippen molar-refractivity contribution in [3.8, 4) is 0 Å². The summed E-state index contributed by atoms with van der Waals surface area (Å²) in [5.74, 6) is 0. The summed E-state index contributed by atoms with van der Waals surface area (Å²) in [5.41, 5.74) is 0.496. The fourth-order valence-corrected chi connectivity index (χ4v) is 2.81. The van der Waals surface area contributed by atoms with Gasteiger partial charge in [-0.05, 0) is 18.2 Å². The van der Waals surface area contributed by atoms with Crippen molar-refractivity contribution in [1.29, 1.82) is 0 Å². The molecule has 0 aliphatic heterocycles. The number of nitrogens with zero attached hydrogens (tertiary/aromatic N) is 2. The van der Waals surface area contributed by atoms with Crippen LogP contribution in [0.15, 0.2) is 52.4 Å². The van der Waals surface area contributed by atoms with E-state index in [0.717, 1.165) is 5.69 Å². The van der Waals surface area contributed by atoms with Gasteiger partial charge in [-0.1, -0.05) is 6.07 Å². The molecule has 7 heteroatoms. The molecule has 2 rings (SSSR count). The Hall–Kier alpha value is -1.99. The Bertz CT molecular complexity index is 706. The van der Waals surface area contributed by atoms with Gasteiger partial charge in [0.2, 0.25) is 15.6 Å². The van der Waals surface area contributed by atoms with Crippen LogP contribution in [0, 0.1) is 0 Å². The first-order valence-electron chi connectivity index (χ1n) is 6.05. The molecule has 0 bridgehead atoms. The fourth-order valence-electron chi connectivity index (χ4n) is 1.67. The number of pyridine rings is 2. The number of rotatable bonds is 5. The average molecular weight is 293 g/mol. The van der Waals surface area contributed by atoms with E-state index in [9.17, 15) is 13.2 Å². The van der Waals surface area contributed by atoms with Crippen LogP contribution in [0.1, 0.15) is 5.69 Å². The molecule has 0 atom stereocenters. The van der Waals surface area contributed by atoms with Gasteiger partial charge in [0.05, 0.1) is 4.90 Å². The Balaban J connectivity index is 2.09. The minimum atomic E-state index is -3.59. The lowest BCUT2D eigenvalue weighted by Gasteiger charge is -2.16. The van der Waals surface area contributed by atoms with E-state index in [1.165, 1.54) is 29.7 Å². The number of aromatic nitrogens is 2. The largest absolute Gasteiger partial charge is 0.328 e. The standard InChI is InChI=1S/C13H15N3O3S/c1-16(9-7-11-4-2-3-8-14-11)20(18,19)12-5-6-13(17)15-10-12/h2-6,8,10H,7,9H2,1H3,(H,15,17). The van der Waals surface area contributed by atoms with E-state index in [4.69, 9.17) is 0 Å². The second-order valence-electron chi connectivity index (χ2n) is 4.29. The molecule has 0 radical (unpaired) electrons. The normalized spacial score (nSPS) is 11.7. The van der Waals surface area contributed by atoms with Crippen molar-refractivity contribution in [1.82, 2.24) is 14.3 Å². The maximum absolute atomic E-state index is 12.2. The van der Waals surface area contributed by atoms with Gasteiger partial charge in [-0.2, -0.15) is 0 Å². The number of nitrogens with one attached hydrogen (secondary N) is 1. The Labute approximate surface area is 117 Å². The van der Waals surface area contributed by atoms with Crippen LogP contribution in [0.2, 0.25) is 0 Å². The highest BCUT2D eigenvalue weighted by Gasteiger charge is 2.20. The van der Waals surface area contributed by atoms with Gasteiger partial charge < -0.3 is 4.98 Å². The maximum Gasteiger partial charge on any atom is 0.247 e. The highest BCUT2D eigenvalue weighted by Crippen LogP contribution is 2.11. The van der Waals surface area contributed by atoms with Crippen LogP contribution in [0.25, 0.3) is 0 Å². The summed E-state index contributed by atoms with van der Waals surface area (Å²) in [6, 6.07) is 8.01. The van der Waals surface area contributed by atoms with E-state index in [2.05, 4.69) is 9.97 Å². The Kier molecular flexibility index (Phi) is 4.31. The molecular formula is C13H15N3O3S. The molecule has 2 heterocycles. The molecule has 106 valence electrons. The molecule has 0 unspecified atom stereocenters. The number of hydrogen-bond donors (Lipinski definition) is 1. The molecule has 2 aromatic heterocycles. The van der Waals surface area contributed by atoms with Crippen LogP contribution in [0.5, 0.6) is 0 Å². The van der Waals surface area contributed by atoms with Crippen molar-refractivity contribution in [3.63, 3.8) is 0 Å². The topological polar surface area (TPSA) is 83.1 Å².